The Hall–Kier alpha value is -0.280. The molecule has 2 nitrogen and oxygen atoms in total. The maximum Gasteiger partial charge on any atom is 0.0881 e. The molecule has 0 saturated carbocycles. The molecule has 0 bridgehead atoms. The molecule has 4 heteroatoms. The van der Waals surface area contributed by atoms with Gasteiger partial charge in [-0.25, -0.2) is 0 Å². The van der Waals surface area contributed by atoms with Crippen LogP contribution in [0, 0.1) is 5.41 Å². The lowest BCUT2D eigenvalue weighted by Crippen LogP contribution is -2.40. The molecule has 0 aliphatic rings. The van der Waals surface area contributed by atoms with E-state index in [9.17, 15) is 5.11 Å². The maximum atomic E-state index is 10.3. The summed E-state index contributed by atoms with van der Waals surface area (Å²) in [5, 5.41) is 11.3. The van der Waals surface area contributed by atoms with Gasteiger partial charge in [0, 0.05) is 13.5 Å². The highest BCUT2D eigenvalue weighted by atomic mass is 35.5. The van der Waals surface area contributed by atoms with E-state index in [0.717, 1.165) is 5.56 Å². The van der Waals surface area contributed by atoms with Crippen molar-refractivity contribution < 1.29 is 9.84 Å². The number of halogens is 2. The summed E-state index contributed by atoms with van der Waals surface area (Å²) >= 11 is 12.1. The van der Waals surface area contributed by atoms with Crippen LogP contribution in [0.5, 0.6) is 0 Å². The van der Waals surface area contributed by atoms with E-state index in [0.29, 0.717) is 16.5 Å². The Morgan fingerprint density at radius 3 is 2.39 bits per heavy atom. The molecule has 0 spiro atoms. The lowest BCUT2D eigenvalue weighted by Gasteiger charge is -2.33. The summed E-state index contributed by atoms with van der Waals surface area (Å²) in [6.07, 6.45) is -0.451. The molecule has 18 heavy (non-hydrogen) atoms. The third-order valence-corrected chi connectivity index (χ3v) is 3.78. The van der Waals surface area contributed by atoms with E-state index in [1.807, 2.05) is 32.9 Å². The van der Waals surface area contributed by atoms with Gasteiger partial charge in [-0.2, -0.15) is 0 Å². The quantitative estimate of drug-likeness (QED) is 0.910. The molecule has 1 aromatic carbocycles. The first-order valence-corrected chi connectivity index (χ1v) is 6.66. The Morgan fingerprint density at radius 1 is 1.28 bits per heavy atom. The SMILES string of the molecule is COC(C(O)Cc1cccc(Cl)c1Cl)C(C)(C)C. The molecule has 1 N–H and O–H groups in total. The standard InChI is InChI=1S/C14H20Cl2O2/c1-14(2,3)13(18-4)11(17)8-9-6-5-7-10(15)12(9)16/h5-7,11,13,17H,8H2,1-4H3. The van der Waals surface area contributed by atoms with Gasteiger partial charge in [0.05, 0.1) is 22.3 Å². The minimum absolute atomic E-state index is 0.140. The number of aliphatic hydroxyl groups is 1. The average molecular weight is 291 g/mol. The van der Waals surface area contributed by atoms with Crippen molar-refractivity contribution in [1.29, 1.82) is 0 Å². The molecule has 0 heterocycles. The van der Waals surface area contributed by atoms with E-state index in [1.165, 1.54) is 0 Å². The zero-order valence-electron chi connectivity index (χ0n) is 11.2. The minimum Gasteiger partial charge on any atom is -0.390 e. The largest absolute Gasteiger partial charge is 0.390 e. The molecule has 0 radical (unpaired) electrons. The van der Waals surface area contributed by atoms with Crippen molar-refractivity contribution in [3.05, 3.63) is 33.8 Å². The van der Waals surface area contributed by atoms with E-state index in [2.05, 4.69) is 0 Å². The summed E-state index contributed by atoms with van der Waals surface area (Å²) in [6.45, 7) is 6.10. The molecular weight excluding hydrogens is 271 g/mol. The summed E-state index contributed by atoms with van der Waals surface area (Å²) in [5.74, 6) is 0. The Labute approximate surface area is 119 Å². The second-order valence-corrected chi connectivity index (χ2v) is 6.29. The van der Waals surface area contributed by atoms with Crippen molar-refractivity contribution in [2.45, 2.75) is 39.4 Å². The van der Waals surface area contributed by atoms with E-state index in [4.69, 9.17) is 27.9 Å². The predicted octanol–water partition coefficient (Wildman–Crippen LogP) is 3.96. The smallest absolute Gasteiger partial charge is 0.0881 e. The van der Waals surface area contributed by atoms with E-state index < -0.39 is 6.10 Å². The third-order valence-electron chi connectivity index (χ3n) is 2.92. The van der Waals surface area contributed by atoms with Crippen LogP contribution in [-0.4, -0.2) is 24.4 Å². The fourth-order valence-electron chi connectivity index (χ4n) is 2.13. The monoisotopic (exact) mass is 290 g/mol. The van der Waals surface area contributed by atoms with Gasteiger partial charge >= 0.3 is 0 Å². The molecule has 0 aliphatic heterocycles. The lowest BCUT2D eigenvalue weighted by molar-refractivity contribution is -0.0698. The fraction of sp³-hybridized carbons (Fsp3) is 0.571. The van der Waals surface area contributed by atoms with E-state index in [-0.39, 0.29) is 11.5 Å². The molecular formula is C14H20Cl2O2. The minimum atomic E-state index is -0.619. The van der Waals surface area contributed by atoms with Crippen LogP contribution in [0.25, 0.3) is 0 Å². The number of hydrogen-bond acceptors (Lipinski definition) is 2. The van der Waals surface area contributed by atoms with Crippen molar-refractivity contribution in [3.63, 3.8) is 0 Å². The van der Waals surface area contributed by atoms with Gasteiger partial charge < -0.3 is 9.84 Å². The molecule has 1 rings (SSSR count). The highest BCUT2D eigenvalue weighted by Crippen LogP contribution is 2.30. The van der Waals surface area contributed by atoms with Gasteiger partial charge in [0.15, 0.2) is 0 Å². The van der Waals surface area contributed by atoms with Crippen molar-refractivity contribution in [2.75, 3.05) is 7.11 Å². The van der Waals surface area contributed by atoms with Crippen LogP contribution in [0.1, 0.15) is 26.3 Å². The normalized spacial score (nSPS) is 15.5. The van der Waals surface area contributed by atoms with Gasteiger partial charge in [-0.3, -0.25) is 0 Å². The van der Waals surface area contributed by atoms with Crippen molar-refractivity contribution >= 4 is 23.2 Å². The van der Waals surface area contributed by atoms with Crippen LogP contribution in [-0.2, 0) is 11.2 Å². The highest BCUT2D eigenvalue weighted by Gasteiger charge is 2.31. The molecule has 102 valence electrons. The van der Waals surface area contributed by atoms with Crippen molar-refractivity contribution in [3.8, 4) is 0 Å². The summed E-state index contributed by atoms with van der Waals surface area (Å²) < 4.78 is 5.39. The van der Waals surface area contributed by atoms with Gasteiger partial charge in [0.2, 0.25) is 0 Å². The van der Waals surface area contributed by atoms with Gasteiger partial charge in [0.25, 0.3) is 0 Å². The van der Waals surface area contributed by atoms with Gasteiger partial charge in [-0.1, -0.05) is 56.1 Å². The maximum absolute atomic E-state index is 10.3. The Morgan fingerprint density at radius 2 is 1.89 bits per heavy atom. The molecule has 2 unspecified atom stereocenters. The number of hydrogen-bond donors (Lipinski definition) is 1. The molecule has 0 saturated heterocycles. The summed E-state index contributed by atoms with van der Waals surface area (Å²) in [7, 11) is 1.61. The second-order valence-electron chi connectivity index (χ2n) is 5.51. The van der Waals surface area contributed by atoms with Crippen molar-refractivity contribution in [2.24, 2.45) is 5.41 Å². The van der Waals surface area contributed by atoms with E-state index >= 15 is 0 Å². The second kappa shape index (κ2) is 6.25. The van der Waals surface area contributed by atoms with Crippen LogP contribution in [0.2, 0.25) is 10.0 Å². The average Bonchev–Trinajstić information content (AvgIpc) is 2.23. The number of rotatable bonds is 4. The molecule has 0 aromatic heterocycles. The predicted molar refractivity (Wildman–Crippen MR) is 76.4 cm³/mol. The molecule has 0 aliphatic carbocycles. The fourth-order valence-corrected chi connectivity index (χ4v) is 2.52. The first kappa shape index (κ1) is 15.8. The van der Waals surface area contributed by atoms with Gasteiger partial charge in [-0.05, 0) is 17.0 Å². The molecule has 0 amide bonds. The summed E-state index contributed by atoms with van der Waals surface area (Å²) in [5.41, 5.74) is 0.696. The number of ether oxygens (including phenoxy) is 1. The molecule has 1 aromatic rings. The van der Waals surface area contributed by atoms with Crippen LogP contribution >= 0.6 is 23.2 Å². The molecule has 2 atom stereocenters. The third kappa shape index (κ3) is 3.86. The summed E-state index contributed by atoms with van der Waals surface area (Å²) in [6, 6.07) is 5.43. The lowest BCUT2D eigenvalue weighted by atomic mass is 9.84. The Balaban J connectivity index is 2.87. The zero-order valence-corrected chi connectivity index (χ0v) is 12.7. The van der Waals surface area contributed by atoms with Gasteiger partial charge in [0.1, 0.15) is 0 Å². The zero-order chi connectivity index (χ0) is 13.9. The Bertz CT molecular complexity index is 399. The van der Waals surface area contributed by atoms with Gasteiger partial charge in [-0.15, -0.1) is 0 Å². The van der Waals surface area contributed by atoms with E-state index in [1.54, 1.807) is 13.2 Å². The van der Waals surface area contributed by atoms with Crippen LogP contribution < -0.4 is 0 Å². The first-order chi connectivity index (χ1) is 8.27. The Kier molecular flexibility index (Phi) is 5.47. The van der Waals surface area contributed by atoms with Crippen molar-refractivity contribution in [1.82, 2.24) is 0 Å². The topological polar surface area (TPSA) is 29.5 Å². The number of aliphatic hydroxyl groups excluding tert-OH is 1. The molecule has 0 fully saturated rings. The number of benzene rings is 1. The highest BCUT2D eigenvalue weighted by molar-refractivity contribution is 6.42. The first-order valence-electron chi connectivity index (χ1n) is 5.91. The van der Waals surface area contributed by atoms with Crippen LogP contribution in [0.15, 0.2) is 18.2 Å². The van der Waals surface area contributed by atoms with Crippen LogP contribution in [0.3, 0.4) is 0 Å². The number of methoxy groups -OCH3 is 1. The summed E-state index contributed by atoms with van der Waals surface area (Å²) in [4.78, 5) is 0. The van der Waals surface area contributed by atoms with Crippen LogP contribution in [0.4, 0.5) is 0 Å².